The van der Waals surface area contributed by atoms with E-state index in [2.05, 4.69) is 10.6 Å². The highest BCUT2D eigenvalue weighted by Gasteiger charge is 2.39. The first-order valence-electron chi connectivity index (χ1n) is 15.4. The Kier molecular flexibility index (Phi) is 13.2. The molecule has 0 aliphatic rings. The van der Waals surface area contributed by atoms with Crippen molar-refractivity contribution < 1.29 is 33.8 Å². The van der Waals surface area contributed by atoms with Crippen LogP contribution in [0.5, 0.6) is 0 Å². The number of hydrogen-bond acceptors (Lipinski definition) is 7. The first-order chi connectivity index (χ1) is 20.8. The fraction of sp³-hybridized carbons (Fsp3) is 0.543. The minimum Gasteiger partial charge on any atom is -0.458 e. The monoisotopic (exact) mass is 625 g/mol. The molecule has 0 aliphatic carbocycles. The number of benzene rings is 2. The average Bonchev–Trinajstić information content (AvgIpc) is 2.90. The van der Waals surface area contributed by atoms with Crippen molar-refractivity contribution in [1.29, 1.82) is 0 Å². The summed E-state index contributed by atoms with van der Waals surface area (Å²) < 4.78 is 11.1. The number of alkyl carbamates (subject to hydrolysis) is 1. The fourth-order valence-corrected chi connectivity index (χ4v) is 4.85. The Balaban J connectivity index is 2.61. The van der Waals surface area contributed by atoms with Crippen LogP contribution in [0.15, 0.2) is 48.5 Å². The molecular formula is C35H51N3O7. The Morgan fingerprint density at radius 3 is 1.98 bits per heavy atom. The van der Waals surface area contributed by atoms with Crippen LogP contribution in [-0.2, 0) is 30.3 Å². The molecule has 0 heterocycles. The summed E-state index contributed by atoms with van der Waals surface area (Å²) in [5, 5.41) is 15.6. The van der Waals surface area contributed by atoms with E-state index in [0.29, 0.717) is 5.56 Å². The Labute approximate surface area is 267 Å². The van der Waals surface area contributed by atoms with E-state index in [1.165, 1.54) is 4.90 Å². The van der Waals surface area contributed by atoms with Gasteiger partial charge < -0.3 is 30.1 Å². The number of aliphatic hydroxyl groups excluding tert-OH is 1. The SMILES string of the molecule is Cc1ccc(C(C(=O)NC(Cc2ccccc2)C(=O)OC(C)(C)C)N(CCO)C(=O)C(NC(=O)OC(C)(C)C)C(C)C)c(C)c1. The maximum Gasteiger partial charge on any atom is 0.408 e. The average molecular weight is 626 g/mol. The predicted molar refractivity (Wildman–Crippen MR) is 173 cm³/mol. The summed E-state index contributed by atoms with van der Waals surface area (Å²) in [5.74, 6) is -2.22. The molecule has 45 heavy (non-hydrogen) atoms. The van der Waals surface area contributed by atoms with Crippen molar-refractivity contribution in [3.8, 4) is 0 Å². The maximum absolute atomic E-state index is 14.4. The summed E-state index contributed by atoms with van der Waals surface area (Å²) in [6, 6.07) is 11.3. The molecular weight excluding hydrogens is 574 g/mol. The van der Waals surface area contributed by atoms with Gasteiger partial charge in [-0.1, -0.05) is 67.9 Å². The van der Waals surface area contributed by atoms with Crippen molar-refractivity contribution in [3.63, 3.8) is 0 Å². The van der Waals surface area contributed by atoms with Crippen LogP contribution in [0.2, 0.25) is 0 Å². The first-order valence-corrected chi connectivity index (χ1v) is 15.4. The van der Waals surface area contributed by atoms with Crippen molar-refractivity contribution in [2.45, 2.75) is 105 Å². The lowest BCUT2D eigenvalue weighted by molar-refractivity contribution is -0.159. The molecule has 3 amide bonds. The molecule has 2 aromatic carbocycles. The first kappa shape index (κ1) is 37.3. The maximum atomic E-state index is 14.4. The lowest BCUT2D eigenvalue weighted by Crippen LogP contribution is -2.56. The van der Waals surface area contributed by atoms with Crippen LogP contribution in [0.1, 0.15) is 83.7 Å². The second kappa shape index (κ2) is 15.9. The normalized spacial score (nSPS) is 13.8. The van der Waals surface area contributed by atoms with Gasteiger partial charge in [0.25, 0.3) is 0 Å². The highest BCUT2D eigenvalue weighted by molar-refractivity contribution is 5.94. The smallest absolute Gasteiger partial charge is 0.408 e. The topological polar surface area (TPSA) is 134 Å². The largest absolute Gasteiger partial charge is 0.458 e. The second-order valence-electron chi connectivity index (χ2n) is 13.7. The molecule has 2 rings (SSSR count). The predicted octanol–water partition coefficient (Wildman–Crippen LogP) is 4.78. The highest BCUT2D eigenvalue weighted by Crippen LogP contribution is 2.28. The van der Waals surface area contributed by atoms with Crippen LogP contribution in [0.4, 0.5) is 4.79 Å². The molecule has 3 N–H and O–H groups in total. The molecule has 10 heteroatoms. The molecule has 3 unspecified atom stereocenters. The second-order valence-corrected chi connectivity index (χ2v) is 13.7. The Morgan fingerprint density at radius 1 is 0.867 bits per heavy atom. The van der Waals surface area contributed by atoms with Gasteiger partial charge in [0.1, 0.15) is 29.3 Å². The zero-order chi connectivity index (χ0) is 34.1. The molecule has 0 aliphatic heterocycles. The molecule has 0 spiro atoms. The van der Waals surface area contributed by atoms with Gasteiger partial charge in [-0.2, -0.15) is 0 Å². The number of carbonyl (C=O) groups is 4. The van der Waals surface area contributed by atoms with E-state index in [-0.39, 0.29) is 18.9 Å². The number of nitrogens with one attached hydrogen (secondary N) is 2. The highest BCUT2D eigenvalue weighted by atomic mass is 16.6. The zero-order valence-corrected chi connectivity index (χ0v) is 28.4. The molecule has 2 aromatic rings. The molecule has 3 atom stereocenters. The van der Waals surface area contributed by atoms with Gasteiger partial charge in [0.2, 0.25) is 11.8 Å². The van der Waals surface area contributed by atoms with Crippen molar-refractivity contribution in [1.82, 2.24) is 15.5 Å². The van der Waals surface area contributed by atoms with Gasteiger partial charge in [0, 0.05) is 13.0 Å². The lowest BCUT2D eigenvalue weighted by atomic mass is 9.94. The molecule has 0 bridgehead atoms. The molecule has 0 saturated carbocycles. The number of nitrogens with zero attached hydrogens (tertiary/aromatic N) is 1. The van der Waals surface area contributed by atoms with Crippen LogP contribution < -0.4 is 10.6 Å². The number of rotatable bonds is 12. The van der Waals surface area contributed by atoms with Gasteiger partial charge in [0.15, 0.2) is 0 Å². The van der Waals surface area contributed by atoms with Crippen molar-refractivity contribution in [2.75, 3.05) is 13.2 Å². The van der Waals surface area contributed by atoms with Gasteiger partial charge in [0.05, 0.1) is 6.61 Å². The van der Waals surface area contributed by atoms with Crippen LogP contribution in [-0.4, -0.2) is 70.3 Å². The summed E-state index contributed by atoms with van der Waals surface area (Å²) in [7, 11) is 0. The van der Waals surface area contributed by atoms with Crippen LogP contribution in [0.3, 0.4) is 0 Å². The number of aryl methyl sites for hydroxylation is 2. The van der Waals surface area contributed by atoms with Crippen molar-refractivity contribution in [2.24, 2.45) is 5.92 Å². The Bertz CT molecular complexity index is 1310. The van der Waals surface area contributed by atoms with Gasteiger partial charge in [-0.25, -0.2) is 9.59 Å². The molecule has 0 saturated heterocycles. The van der Waals surface area contributed by atoms with Crippen molar-refractivity contribution in [3.05, 3.63) is 70.8 Å². The van der Waals surface area contributed by atoms with E-state index in [4.69, 9.17) is 9.47 Å². The third-order valence-corrected chi connectivity index (χ3v) is 6.80. The van der Waals surface area contributed by atoms with Gasteiger partial charge >= 0.3 is 12.1 Å². The van der Waals surface area contributed by atoms with E-state index < -0.39 is 59.8 Å². The fourth-order valence-electron chi connectivity index (χ4n) is 4.85. The summed E-state index contributed by atoms with van der Waals surface area (Å²) >= 11 is 0. The van der Waals surface area contributed by atoms with Crippen LogP contribution in [0, 0.1) is 19.8 Å². The number of ether oxygens (including phenoxy) is 2. The number of amides is 3. The molecule has 0 radical (unpaired) electrons. The minimum absolute atomic E-state index is 0.157. The number of aliphatic hydroxyl groups is 1. The minimum atomic E-state index is -1.24. The Morgan fingerprint density at radius 2 is 1.47 bits per heavy atom. The van der Waals surface area contributed by atoms with Gasteiger partial charge in [-0.3, -0.25) is 9.59 Å². The summed E-state index contributed by atoms with van der Waals surface area (Å²) in [6.07, 6.45) is -0.622. The summed E-state index contributed by atoms with van der Waals surface area (Å²) in [6.45, 7) is 17.0. The van der Waals surface area contributed by atoms with Gasteiger partial charge in [-0.15, -0.1) is 0 Å². The van der Waals surface area contributed by atoms with Crippen molar-refractivity contribution >= 4 is 23.9 Å². The number of carbonyl (C=O) groups excluding carboxylic acids is 4. The van der Waals surface area contributed by atoms with E-state index in [0.717, 1.165) is 16.7 Å². The third kappa shape index (κ3) is 11.8. The van der Waals surface area contributed by atoms with E-state index in [9.17, 15) is 24.3 Å². The van der Waals surface area contributed by atoms with E-state index in [1.54, 1.807) is 61.5 Å². The summed E-state index contributed by atoms with van der Waals surface area (Å²) in [4.78, 5) is 56.0. The third-order valence-electron chi connectivity index (χ3n) is 6.80. The molecule has 0 aromatic heterocycles. The lowest BCUT2D eigenvalue weighted by Gasteiger charge is -2.36. The molecule has 248 valence electrons. The van der Waals surface area contributed by atoms with Crippen LogP contribution in [0.25, 0.3) is 0 Å². The van der Waals surface area contributed by atoms with Crippen LogP contribution >= 0.6 is 0 Å². The Hall–Kier alpha value is -3.92. The van der Waals surface area contributed by atoms with E-state index >= 15 is 0 Å². The molecule has 0 fully saturated rings. The quantitative estimate of drug-likeness (QED) is 0.289. The summed E-state index contributed by atoms with van der Waals surface area (Å²) in [5.41, 5.74) is 1.42. The number of esters is 1. The zero-order valence-electron chi connectivity index (χ0n) is 28.4. The van der Waals surface area contributed by atoms with E-state index in [1.807, 2.05) is 56.3 Å². The van der Waals surface area contributed by atoms with Gasteiger partial charge in [-0.05, 0) is 78.0 Å². The standard InChI is InChI=1S/C35H51N3O7/c1-22(2)28(37-33(43)45-35(8,9)10)31(41)38(18-19-39)29(26-17-16-23(3)20-24(26)4)30(40)36-27(32(42)44-34(5,6)7)21-25-14-12-11-13-15-25/h11-17,20,22,27-29,39H,18-19,21H2,1-10H3,(H,36,40)(H,37,43). The number of hydrogen-bond donors (Lipinski definition) is 3. The molecule has 10 nitrogen and oxygen atoms in total.